The minimum atomic E-state index is -4.63. The molecule has 3 aromatic rings. The third-order valence-electron chi connectivity index (χ3n) is 4.10. The Labute approximate surface area is 159 Å². The van der Waals surface area contributed by atoms with Gasteiger partial charge < -0.3 is 10.4 Å². The van der Waals surface area contributed by atoms with Crippen LogP contribution in [0.2, 0.25) is 0 Å². The number of carbonyl (C=O) groups is 1. The molecule has 10 heteroatoms. The van der Waals surface area contributed by atoms with Crippen LogP contribution in [0.1, 0.15) is 15.9 Å². The zero-order chi connectivity index (χ0) is 20.6. The molecule has 0 saturated carbocycles. The van der Waals surface area contributed by atoms with E-state index in [1.165, 1.54) is 36.4 Å². The molecule has 0 fully saturated rings. The Morgan fingerprint density at radius 3 is 2.36 bits per heavy atom. The van der Waals surface area contributed by atoms with Crippen LogP contribution in [0.25, 0.3) is 10.8 Å². The van der Waals surface area contributed by atoms with E-state index in [4.69, 9.17) is 0 Å². The first-order chi connectivity index (χ1) is 13.1. The summed E-state index contributed by atoms with van der Waals surface area (Å²) in [6.45, 7) is 1.66. The summed E-state index contributed by atoms with van der Waals surface area (Å²) >= 11 is 0. The van der Waals surface area contributed by atoms with Crippen molar-refractivity contribution in [3.63, 3.8) is 0 Å². The van der Waals surface area contributed by atoms with Crippen LogP contribution in [0.4, 0.5) is 11.4 Å². The number of hydrogen-bond donors (Lipinski definition) is 3. The maximum absolute atomic E-state index is 12.7. The third-order valence-corrected chi connectivity index (χ3v) is 4.99. The summed E-state index contributed by atoms with van der Waals surface area (Å²) < 4.78 is 32.6. The minimum Gasteiger partial charge on any atom is -0.506 e. The molecule has 3 aromatic carbocycles. The lowest BCUT2D eigenvalue weighted by Gasteiger charge is -2.13. The van der Waals surface area contributed by atoms with Gasteiger partial charge in [-0.15, -0.1) is 0 Å². The zero-order valence-corrected chi connectivity index (χ0v) is 15.2. The molecule has 28 heavy (non-hydrogen) atoms. The summed E-state index contributed by atoms with van der Waals surface area (Å²) in [5.41, 5.74) is -0.149. The van der Waals surface area contributed by atoms with Gasteiger partial charge in [0.15, 0.2) is 0 Å². The molecule has 144 valence electrons. The summed E-state index contributed by atoms with van der Waals surface area (Å²) in [5, 5.41) is 24.1. The van der Waals surface area contributed by atoms with Crippen LogP contribution in [-0.4, -0.2) is 28.9 Å². The van der Waals surface area contributed by atoms with Crippen molar-refractivity contribution in [2.75, 3.05) is 5.32 Å². The third kappa shape index (κ3) is 3.50. The lowest BCUT2D eigenvalue weighted by molar-refractivity contribution is -0.385. The van der Waals surface area contributed by atoms with Crippen molar-refractivity contribution in [2.24, 2.45) is 0 Å². The van der Waals surface area contributed by atoms with Crippen molar-refractivity contribution in [1.29, 1.82) is 0 Å². The SMILES string of the molecule is Cc1ccc([N+](=O)[O-])c(C(=O)Nc2c(O)cc(S(=O)(=O)O)c3ccccc23)c1. The number of fused-ring (bicyclic) bond motifs is 1. The number of carbonyl (C=O) groups excluding carboxylic acids is 1. The standard InChI is InChI=1S/C18H14N2O7S/c1-10-6-7-14(20(23)24)13(8-10)18(22)19-17-12-5-3-2-4-11(12)16(9-15(17)21)28(25,26)27/h2-9,21H,1H3,(H,19,22)(H,25,26,27). The molecular formula is C18H14N2O7S. The number of nitrogens with one attached hydrogen (secondary N) is 1. The molecular weight excluding hydrogens is 388 g/mol. The van der Waals surface area contributed by atoms with Crippen molar-refractivity contribution in [3.05, 3.63) is 69.8 Å². The highest BCUT2D eigenvalue weighted by atomic mass is 32.2. The number of nitro groups is 1. The number of anilines is 1. The predicted molar refractivity (Wildman–Crippen MR) is 101 cm³/mol. The van der Waals surface area contributed by atoms with E-state index in [1.807, 2.05) is 0 Å². The van der Waals surface area contributed by atoms with Crippen LogP contribution in [-0.2, 0) is 10.1 Å². The van der Waals surface area contributed by atoms with E-state index in [1.54, 1.807) is 13.0 Å². The maximum Gasteiger partial charge on any atom is 0.295 e. The molecule has 0 unspecified atom stereocenters. The fraction of sp³-hybridized carbons (Fsp3) is 0.0556. The molecule has 3 rings (SSSR count). The Hall–Kier alpha value is -3.50. The molecule has 0 atom stereocenters. The fourth-order valence-electron chi connectivity index (χ4n) is 2.84. The molecule has 9 nitrogen and oxygen atoms in total. The van der Waals surface area contributed by atoms with E-state index in [9.17, 15) is 33.0 Å². The van der Waals surface area contributed by atoms with E-state index in [0.29, 0.717) is 5.56 Å². The second-order valence-electron chi connectivity index (χ2n) is 6.02. The molecule has 0 aromatic heterocycles. The van der Waals surface area contributed by atoms with Crippen molar-refractivity contribution < 1.29 is 27.8 Å². The van der Waals surface area contributed by atoms with Gasteiger partial charge in [-0.3, -0.25) is 19.5 Å². The Kier molecular flexibility index (Phi) is 4.75. The van der Waals surface area contributed by atoms with Crippen LogP contribution in [0, 0.1) is 17.0 Å². The van der Waals surface area contributed by atoms with Gasteiger partial charge in [0, 0.05) is 22.9 Å². The molecule has 0 bridgehead atoms. The van der Waals surface area contributed by atoms with E-state index >= 15 is 0 Å². The lowest BCUT2D eigenvalue weighted by Crippen LogP contribution is -2.15. The summed E-state index contributed by atoms with van der Waals surface area (Å²) in [6.07, 6.45) is 0. The van der Waals surface area contributed by atoms with Gasteiger partial charge in [-0.1, -0.05) is 30.3 Å². The number of rotatable bonds is 4. The Morgan fingerprint density at radius 2 is 1.75 bits per heavy atom. The first-order valence-corrected chi connectivity index (χ1v) is 9.32. The highest BCUT2D eigenvalue weighted by Crippen LogP contribution is 2.37. The van der Waals surface area contributed by atoms with E-state index in [0.717, 1.165) is 6.07 Å². The van der Waals surface area contributed by atoms with Gasteiger partial charge in [0.05, 0.1) is 10.6 Å². The molecule has 0 aliphatic rings. The number of benzene rings is 3. The van der Waals surface area contributed by atoms with Gasteiger partial charge in [-0.25, -0.2) is 0 Å². The second-order valence-corrected chi connectivity index (χ2v) is 7.41. The molecule has 0 radical (unpaired) electrons. The van der Waals surface area contributed by atoms with E-state index < -0.39 is 37.3 Å². The number of aryl methyl sites for hydroxylation is 1. The van der Waals surface area contributed by atoms with Gasteiger partial charge in [0.2, 0.25) is 0 Å². The van der Waals surface area contributed by atoms with Crippen molar-refractivity contribution >= 4 is 38.2 Å². The van der Waals surface area contributed by atoms with Gasteiger partial charge in [0.25, 0.3) is 21.7 Å². The van der Waals surface area contributed by atoms with Crippen LogP contribution >= 0.6 is 0 Å². The van der Waals surface area contributed by atoms with Gasteiger partial charge in [0.1, 0.15) is 16.2 Å². The normalized spacial score (nSPS) is 11.4. The largest absolute Gasteiger partial charge is 0.506 e. The summed E-state index contributed by atoms with van der Waals surface area (Å²) in [5.74, 6) is -1.47. The van der Waals surface area contributed by atoms with Crippen molar-refractivity contribution in [3.8, 4) is 5.75 Å². The number of nitro benzene ring substituents is 1. The number of hydrogen-bond acceptors (Lipinski definition) is 6. The molecule has 0 aliphatic heterocycles. The number of aromatic hydroxyl groups is 1. The van der Waals surface area contributed by atoms with Gasteiger partial charge >= 0.3 is 0 Å². The Morgan fingerprint density at radius 1 is 1.11 bits per heavy atom. The average molecular weight is 402 g/mol. The monoisotopic (exact) mass is 402 g/mol. The smallest absolute Gasteiger partial charge is 0.295 e. The van der Waals surface area contributed by atoms with Gasteiger partial charge in [-0.05, 0) is 18.6 Å². The summed E-state index contributed by atoms with van der Waals surface area (Å²) in [4.78, 5) is 22.7. The molecule has 0 spiro atoms. The second kappa shape index (κ2) is 6.91. The maximum atomic E-state index is 12.7. The van der Waals surface area contributed by atoms with Crippen LogP contribution in [0.15, 0.2) is 53.4 Å². The minimum absolute atomic E-state index is 0.0665. The highest BCUT2D eigenvalue weighted by molar-refractivity contribution is 7.86. The number of phenols is 1. The number of nitrogens with zero attached hydrogens (tertiary/aromatic N) is 1. The molecule has 0 saturated heterocycles. The first-order valence-electron chi connectivity index (χ1n) is 7.88. The quantitative estimate of drug-likeness (QED) is 0.263. The number of phenolic OH excluding ortho intramolecular Hbond substituents is 1. The van der Waals surface area contributed by atoms with Gasteiger partial charge in [-0.2, -0.15) is 8.42 Å². The van der Waals surface area contributed by atoms with E-state index in [2.05, 4.69) is 5.32 Å². The predicted octanol–water partition coefficient (Wildman–Crippen LogP) is 3.26. The lowest BCUT2D eigenvalue weighted by atomic mass is 10.1. The highest BCUT2D eigenvalue weighted by Gasteiger charge is 2.24. The van der Waals surface area contributed by atoms with E-state index in [-0.39, 0.29) is 22.0 Å². The Bertz CT molecular complexity index is 1240. The molecule has 3 N–H and O–H groups in total. The van der Waals surface area contributed by atoms with Crippen molar-refractivity contribution in [2.45, 2.75) is 11.8 Å². The molecule has 0 heterocycles. The van der Waals surface area contributed by atoms with Crippen LogP contribution in [0.5, 0.6) is 5.75 Å². The number of amides is 1. The molecule has 1 amide bonds. The summed E-state index contributed by atoms with van der Waals surface area (Å²) in [7, 11) is -4.63. The molecule has 0 aliphatic carbocycles. The zero-order valence-electron chi connectivity index (χ0n) is 14.4. The summed E-state index contributed by atoms with van der Waals surface area (Å²) in [6, 6.07) is 10.7. The Balaban J connectivity index is 2.17. The van der Waals surface area contributed by atoms with Crippen LogP contribution in [0.3, 0.4) is 0 Å². The fourth-order valence-corrected chi connectivity index (χ4v) is 3.56. The topological polar surface area (TPSA) is 147 Å². The first kappa shape index (κ1) is 19.3. The van der Waals surface area contributed by atoms with Crippen molar-refractivity contribution in [1.82, 2.24) is 0 Å². The van der Waals surface area contributed by atoms with Crippen LogP contribution < -0.4 is 5.32 Å². The average Bonchev–Trinajstić information content (AvgIpc) is 2.62.